The zero-order valence-corrected chi connectivity index (χ0v) is 17.6. The number of carbonyl (C=O) groups is 1. The number of hydrogen-bond acceptors (Lipinski definition) is 7. The number of anilines is 1. The smallest absolute Gasteiger partial charge is 0.250 e. The summed E-state index contributed by atoms with van der Waals surface area (Å²) in [6.45, 7) is 0. The molecule has 2 aromatic carbocycles. The molecular formula is C20H19N3O4S2. The van der Waals surface area contributed by atoms with Crippen LogP contribution >= 0.6 is 23.6 Å². The molecule has 0 spiro atoms. The number of nitrogens with one attached hydrogen (secondary N) is 2. The number of carbonyl (C=O) groups excluding carboxylic acids is 1. The Balaban J connectivity index is 1.63. The van der Waals surface area contributed by atoms with Crippen molar-refractivity contribution < 1.29 is 19.0 Å². The summed E-state index contributed by atoms with van der Waals surface area (Å²) < 4.78 is 16.6. The number of ether oxygens (including phenoxy) is 3. The van der Waals surface area contributed by atoms with Crippen molar-refractivity contribution in [1.82, 2.24) is 10.3 Å². The lowest BCUT2D eigenvalue weighted by atomic mass is 10.2. The summed E-state index contributed by atoms with van der Waals surface area (Å²) >= 11 is 6.58. The molecule has 0 bridgehead atoms. The Morgan fingerprint density at radius 3 is 2.45 bits per heavy atom. The highest BCUT2D eigenvalue weighted by molar-refractivity contribution is 7.80. The molecule has 0 aliphatic heterocycles. The molecule has 0 unspecified atom stereocenters. The highest BCUT2D eigenvalue weighted by Gasteiger charge is 2.12. The summed E-state index contributed by atoms with van der Waals surface area (Å²) in [5.41, 5.74) is 1.56. The molecule has 1 heterocycles. The van der Waals surface area contributed by atoms with Gasteiger partial charge in [0.1, 0.15) is 22.8 Å². The molecule has 0 aliphatic carbocycles. The fourth-order valence-electron chi connectivity index (χ4n) is 2.47. The molecule has 1 aromatic heterocycles. The first-order valence-electron chi connectivity index (χ1n) is 8.49. The monoisotopic (exact) mass is 429 g/mol. The minimum atomic E-state index is -0.348. The quantitative estimate of drug-likeness (QED) is 0.455. The molecule has 0 atom stereocenters. The molecule has 9 heteroatoms. The molecule has 7 nitrogen and oxygen atoms in total. The Morgan fingerprint density at radius 1 is 1.07 bits per heavy atom. The van der Waals surface area contributed by atoms with Gasteiger partial charge in [-0.3, -0.25) is 10.1 Å². The average Bonchev–Trinajstić information content (AvgIpc) is 3.13. The number of thiazole rings is 1. The molecular weight excluding hydrogens is 410 g/mol. The number of amides is 1. The zero-order valence-electron chi connectivity index (χ0n) is 16.0. The van der Waals surface area contributed by atoms with Crippen LogP contribution in [0.1, 0.15) is 5.56 Å². The van der Waals surface area contributed by atoms with Gasteiger partial charge in [0.15, 0.2) is 10.2 Å². The van der Waals surface area contributed by atoms with Crippen LogP contribution < -0.4 is 24.8 Å². The third-order valence-corrected chi connectivity index (χ3v) is 5.01. The van der Waals surface area contributed by atoms with Gasteiger partial charge in [-0.1, -0.05) is 23.5 Å². The first kappa shape index (κ1) is 20.6. The molecule has 0 saturated heterocycles. The summed E-state index contributed by atoms with van der Waals surface area (Å²) in [4.78, 5) is 16.6. The lowest BCUT2D eigenvalue weighted by molar-refractivity contribution is -0.115. The summed E-state index contributed by atoms with van der Waals surface area (Å²) in [5, 5.41) is 6.21. The van der Waals surface area contributed by atoms with Gasteiger partial charge in [0.25, 0.3) is 0 Å². The Kier molecular flexibility index (Phi) is 6.63. The van der Waals surface area contributed by atoms with E-state index in [0.29, 0.717) is 22.1 Å². The number of benzene rings is 2. The van der Waals surface area contributed by atoms with E-state index in [9.17, 15) is 4.79 Å². The maximum atomic E-state index is 12.1. The summed E-state index contributed by atoms with van der Waals surface area (Å²) in [6.07, 6.45) is 3.09. The second-order valence-electron chi connectivity index (χ2n) is 5.75. The van der Waals surface area contributed by atoms with Crippen molar-refractivity contribution in [2.45, 2.75) is 0 Å². The van der Waals surface area contributed by atoms with Gasteiger partial charge in [0.05, 0.1) is 26.0 Å². The Hall–Kier alpha value is -3.17. The largest absolute Gasteiger partial charge is 0.497 e. The van der Waals surface area contributed by atoms with Gasteiger partial charge in [-0.25, -0.2) is 4.98 Å². The first-order valence-corrected chi connectivity index (χ1v) is 9.71. The topological polar surface area (TPSA) is 81.7 Å². The van der Waals surface area contributed by atoms with E-state index >= 15 is 0 Å². The van der Waals surface area contributed by atoms with Gasteiger partial charge in [-0.05, 0) is 42.1 Å². The van der Waals surface area contributed by atoms with E-state index in [4.69, 9.17) is 26.4 Å². The van der Waals surface area contributed by atoms with E-state index in [2.05, 4.69) is 15.6 Å². The van der Waals surface area contributed by atoms with Crippen LogP contribution in [0, 0.1) is 0 Å². The van der Waals surface area contributed by atoms with E-state index < -0.39 is 0 Å². The van der Waals surface area contributed by atoms with Gasteiger partial charge in [-0.2, -0.15) is 0 Å². The standard InChI is InChI=1S/C20H19N3O4S2/c1-25-13-7-4-12(5-8-13)6-9-17(24)21-19(28)23-20-22-18-15(27-3)10-14(26-2)11-16(18)29-20/h4-11H,1-3H3,(H2,21,22,23,24,28). The summed E-state index contributed by atoms with van der Waals surface area (Å²) in [6, 6.07) is 11.0. The van der Waals surface area contributed by atoms with Crippen LogP contribution in [-0.4, -0.2) is 37.3 Å². The molecule has 0 saturated carbocycles. The number of fused-ring (bicyclic) bond motifs is 1. The summed E-state index contributed by atoms with van der Waals surface area (Å²) in [5.74, 6) is 1.67. The highest BCUT2D eigenvalue weighted by Crippen LogP contribution is 2.36. The van der Waals surface area contributed by atoms with Gasteiger partial charge in [0.2, 0.25) is 5.91 Å². The van der Waals surface area contributed by atoms with E-state index in [1.54, 1.807) is 33.5 Å². The van der Waals surface area contributed by atoms with Crippen molar-refractivity contribution in [2.75, 3.05) is 26.6 Å². The predicted octanol–water partition coefficient (Wildman–Crippen LogP) is 3.85. The minimum Gasteiger partial charge on any atom is -0.497 e. The Bertz CT molecular complexity index is 1060. The van der Waals surface area contributed by atoms with Crippen LogP contribution in [0.4, 0.5) is 5.13 Å². The van der Waals surface area contributed by atoms with Crippen molar-refractivity contribution in [1.29, 1.82) is 0 Å². The van der Waals surface area contributed by atoms with Crippen molar-refractivity contribution in [3.8, 4) is 17.2 Å². The third kappa shape index (κ3) is 5.21. The van der Waals surface area contributed by atoms with Crippen LogP contribution in [0.15, 0.2) is 42.5 Å². The first-order chi connectivity index (χ1) is 14.0. The number of methoxy groups -OCH3 is 3. The molecule has 3 rings (SSSR count). The van der Waals surface area contributed by atoms with E-state index in [1.807, 2.05) is 30.3 Å². The Labute approximate surface area is 177 Å². The molecule has 0 aliphatic rings. The molecule has 150 valence electrons. The number of rotatable bonds is 6. The molecule has 29 heavy (non-hydrogen) atoms. The maximum absolute atomic E-state index is 12.1. The minimum absolute atomic E-state index is 0.152. The molecule has 0 radical (unpaired) electrons. The van der Waals surface area contributed by atoms with E-state index in [0.717, 1.165) is 16.0 Å². The van der Waals surface area contributed by atoms with Crippen molar-refractivity contribution in [2.24, 2.45) is 0 Å². The van der Waals surface area contributed by atoms with Gasteiger partial charge in [-0.15, -0.1) is 0 Å². The Morgan fingerprint density at radius 2 is 1.79 bits per heavy atom. The second kappa shape index (κ2) is 9.35. The molecule has 2 N–H and O–H groups in total. The van der Waals surface area contributed by atoms with E-state index in [1.165, 1.54) is 17.4 Å². The molecule has 1 amide bonds. The van der Waals surface area contributed by atoms with Crippen LogP contribution in [-0.2, 0) is 4.79 Å². The fourth-order valence-corrected chi connectivity index (χ4v) is 3.65. The maximum Gasteiger partial charge on any atom is 0.250 e. The number of thiocarbonyl (C=S) groups is 1. The van der Waals surface area contributed by atoms with Crippen LogP contribution in [0.5, 0.6) is 17.2 Å². The van der Waals surface area contributed by atoms with Crippen LogP contribution in [0.25, 0.3) is 16.3 Å². The molecule has 3 aromatic rings. The van der Waals surface area contributed by atoms with Gasteiger partial charge < -0.3 is 19.5 Å². The highest BCUT2D eigenvalue weighted by atomic mass is 32.1. The lowest BCUT2D eigenvalue weighted by Gasteiger charge is -2.04. The lowest BCUT2D eigenvalue weighted by Crippen LogP contribution is -2.32. The average molecular weight is 430 g/mol. The third-order valence-electron chi connectivity index (χ3n) is 3.89. The molecule has 0 fully saturated rings. The van der Waals surface area contributed by atoms with Crippen molar-refractivity contribution in [3.05, 3.63) is 48.0 Å². The number of nitrogens with zero attached hydrogens (tertiary/aromatic N) is 1. The van der Waals surface area contributed by atoms with Crippen LogP contribution in [0.2, 0.25) is 0 Å². The van der Waals surface area contributed by atoms with Crippen molar-refractivity contribution >= 4 is 56.0 Å². The number of aromatic nitrogens is 1. The van der Waals surface area contributed by atoms with Crippen molar-refractivity contribution in [3.63, 3.8) is 0 Å². The number of hydrogen-bond donors (Lipinski definition) is 2. The summed E-state index contributed by atoms with van der Waals surface area (Å²) in [7, 11) is 4.76. The SMILES string of the molecule is COc1ccc(C=CC(=O)NC(=S)Nc2nc3c(OC)cc(OC)cc3s2)cc1. The second-order valence-corrected chi connectivity index (χ2v) is 7.18. The van der Waals surface area contributed by atoms with Gasteiger partial charge in [0, 0.05) is 12.1 Å². The normalized spacial score (nSPS) is 10.7. The predicted molar refractivity (Wildman–Crippen MR) is 119 cm³/mol. The fraction of sp³-hybridized carbons (Fsp3) is 0.150. The van der Waals surface area contributed by atoms with E-state index in [-0.39, 0.29) is 11.0 Å². The van der Waals surface area contributed by atoms with Crippen LogP contribution in [0.3, 0.4) is 0 Å². The van der Waals surface area contributed by atoms with Gasteiger partial charge >= 0.3 is 0 Å². The zero-order chi connectivity index (χ0) is 20.8.